The number of fused-ring (bicyclic) bond motifs is 3. The number of allylic oxidation sites excluding steroid dienone is 1. The van der Waals surface area contributed by atoms with Gasteiger partial charge < -0.3 is 24.1 Å². The minimum atomic E-state index is -0.797. The monoisotopic (exact) mass is 380 g/mol. The van der Waals surface area contributed by atoms with Crippen LogP contribution in [0.15, 0.2) is 23.8 Å². The molecule has 8 heteroatoms. The number of carbonyl (C=O) groups is 3. The van der Waals surface area contributed by atoms with Crippen LogP contribution in [0.25, 0.3) is 0 Å². The van der Waals surface area contributed by atoms with E-state index in [9.17, 15) is 19.5 Å². The lowest BCUT2D eigenvalue weighted by atomic mass is 9.81. The first-order valence-electron chi connectivity index (χ1n) is 8.94. The van der Waals surface area contributed by atoms with E-state index in [4.69, 9.17) is 18.9 Å². The minimum absolute atomic E-state index is 0.0577. The van der Waals surface area contributed by atoms with Crippen molar-refractivity contribution < 1.29 is 38.4 Å². The van der Waals surface area contributed by atoms with Crippen molar-refractivity contribution in [1.82, 2.24) is 0 Å². The zero-order valence-electron chi connectivity index (χ0n) is 15.4. The summed E-state index contributed by atoms with van der Waals surface area (Å²) in [5.74, 6) is -2.08. The fourth-order valence-electron chi connectivity index (χ4n) is 3.92. The Bertz CT molecular complexity index is 696. The van der Waals surface area contributed by atoms with Gasteiger partial charge in [-0.1, -0.05) is 12.7 Å². The van der Waals surface area contributed by atoms with Crippen molar-refractivity contribution in [1.29, 1.82) is 0 Å². The molecule has 0 saturated carbocycles. The van der Waals surface area contributed by atoms with Gasteiger partial charge in [-0.3, -0.25) is 9.59 Å². The van der Waals surface area contributed by atoms with Crippen molar-refractivity contribution in [2.45, 2.75) is 57.0 Å². The number of aliphatic hydroxyl groups is 1. The van der Waals surface area contributed by atoms with Gasteiger partial charge in [0, 0.05) is 25.8 Å². The molecule has 2 heterocycles. The Morgan fingerprint density at radius 2 is 2.11 bits per heavy atom. The lowest BCUT2D eigenvalue weighted by Gasteiger charge is -2.28. The van der Waals surface area contributed by atoms with Gasteiger partial charge in [0.15, 0.2) is 0 Å². The van der Waals surface area contributed by atoms with Crippen molar-refractivity contribution in [3.8, 4) is 0 Å². The maximum atomic E-state index is 12.2. The number of epoxide rings is 1. The van der Waals surface area contributed by atoms with Crippen molar-refractivity contribution in [2.75, 3.05) is 13.2 Å². The highest BCUT2D eigenvalue weighted by molar-refractivity contribution is 5.91. The topological polar surface area (TPSA) is 112 Å². The van der Waals surface area contributed by atoms with Gasteiger partial charge in [0.05, 0.1) is 12.5 Å². The number of hydrogen-bond acceptors (Lipinski definition) is 8. The molecule has 0 bridgehead atoms. The zero-order chi connectivity index (χ0) is 19.8. The Hall–Kier alpha value is -2.19. The Labute approximate surface area is 157 Å². The van der Waals surface area contributed by atoms with E-state index in [1.807, 2.05) is 6.08 Å². The summed E-state index contributed by atoms with van der Waals surface area (Å²) in [5, 5.41) is 9.81. The van der Waals surface area contributed by atoms with Gasteiger partial charge in [0.25, 0.3) is 0 Å². The molecule has 0 aromatic rings. The van der Waals surface area contributed by atoms with Gasteiger partial charge in [-0.25, -0.2) is 4.79 Å². The van der Waals surface area contributed by atoms with Crippen LogP contribution in [0.2, 0.25) is 0 Å². The Morgan fingerprint density at radius 1 is 1.37 bits per heavy atom. The summed E-state index contributed by atoms with van der Waals surface area (Å²) in [6.07, 6.45) is 1.41. The summed E-state index contributed by atoms with van der Waals surface area (Å²) >= 11 is 0. The molecule has 1 N–H and O–H groups in total. The molecule has 0 amide bonds. The van der Waals surface area contributed by atoms with Crippen LogP contribution in [0.4, 0.5) is 0 Å². The van der Waals surface area contributed by atoms with Gasteiger partial charge in [-0.05, 0) is 18.4 Å². The summed E-state index contributed by atoms with van der Waals surface area (Å²) in [5.41, 5.74) is 0.171. The SMILES string of the molecule is C=C1C(=O)O[C@H]2[C@H]1[C@@H](OC(C)=O)C/C(COC(C)=O)=C/CC[C@@]1(CO)O[C@H]21. The Morgan fingerprint density at radius 3 is 2.74 bits per heavy atom. The van der Waals surface area contributed by atoms with Crippen LogP contribution in [0.5, 0.6) is 0 Å². The van der Waals surface area contributed by atoms with Gasteiger partial charge in [-0.15, -0.1) is 0 Å². The molecule has 2 saturated heterocycles. The fraction of sp³-hybridized carbons (Fsp3) is 0.632. The third kappa shape index (κ3) is 3.91. The summed E-state index contributed by atoms with van der Waals surface area (Å²) in [6, 6.07) is 0. The van der Waals surface area contributed by atoms with E-state index in [0.29, 0.717) is 12.8 Å². The predicted molar refractivity (Wildman–Crippen MR) is 91.3 cm³/mol. The third-order valence-electron chi connectivity index (χ3n) is 5.29. The van der Waals surface area contributed by atoms with Crippen LogP contribution in [0, 0.1) is 5.92 Å². The lowest BCUT2D eigenvalue weighted by molar-refractivity contribution is -0.151. The van der Waals surface area contributed by atoms with Crippen LogP contribution >= 0.6 is 0 Å². The van der Waals surface area contributed by atoms with Crippen molar-refractivity contribution >= 4 is 17.9 Å². The molecule has 0 radical (unpaired) electrons. The van der Waals surface area contributed by atoms with E-state index in [0.717, 1.165) is 5.57 Å². The van der Waals surface area contributed by atoms with E-state index in [-0.39, 0.29) is 25.2 Å². The van der Waals surface area contributed by atoms with E-state index in [1.165, 1.54) is 13.8 Å². The van der Waals surface area contributed by atoms with Crippen LogP contribution in [-0.4, -0.2) is 60.1 Å². The second-order valence-electron chi connectivity index (χ2n) is 7.22. The molecule has 3 aliphatic rings. The third-order valence-corrected chi connectivity index (χ3v) is 5.29. The molecule has 0 unspecified atom stereocenters. The highest BCUT2D eigenvalue weighted by atomic mass is 16.7. The second kappa shape index (κ2) is 7.44. The number of esters is 3. The predicted octanol–water partition coefficient (Wildman–Crippen LogP) is 0.819. The molecule has 148 valence electrons. The first-order chi connectivity index (χ1) is 12.8. The average molecular weight is 380 g/mol. The molecule has 8 nitrogen and oxygen atoms in total. The standard InChI is InChI=1S/C19H24O8/c1-10-15-14(25-12(3)22)7-13(8-24-11(2)21)5-4-6-19(9-20)17(27-19)16(15)26-18(10)23/h5,14-17,20H,1,4,6-9H2,2-3H3/b13-5-/t14-,15+,16-,17+,19-/m0/s1. The smallest absolute Gasteiger partial charge is 0.334 e. The molecule has 5 atom stereocenters. The molecule has 3 rings (SSSR count). The Kier molecular flexibility index (Phi) is 5.39. The maximum Gasteiger partial charge on any atom is 0.334 e. The molecular formula is C19H24O8. The summed E-state index contributed by atoms with van der Waals surface area (Å²) in [7, 11) is 0. The van der Waals surface area contributed by atoms with E-state index >= 15 is 0 Å². The molecule has 2 aliphatic heterocycles. The first-order valence-corrected chi connectivity index (χ1v) is 8.94. The van der Waals surface area contributed by atoms with Crippen LogP contribution in [0.1, 0.15) is 33.1 Å². The number of carbonyl (C=O) groups excluding carboxylic acids is 3. The van der Waals surface area contributed by atoms with E-state index in [1.54, 1.807) is 0 Å². The quantitative estimate of drug-likeness (QED) is 0.251. The fourth-order valence-corrected chi connectivity index (χ4v) is 3.92. The van der Waals surface area contributed by atoms with E-state index in [2.05, 4.69) is 6.58 Å². The van der Waals surface area contributed by atoms with Gasteiger partial charge in [0.2, 0.25) is 0 Å². The number of ether oxygens (including phenoxy) is 4. The van der Waals surface area contributed by atoms with Gasteiger partial charge >= 0.3 is 17.9 Å². The maximum absolute atomic E-state index is 12.2. The van der Waals surface area contributed by atoms with Gasteiger partial charge in [0.1, 0.15) is 30.5 Å². The molecule has 0 spiro atoms. The first kappa shape index (κ1) is 19.6. The normalized spacial score (nSPS) is 37.2. The van der Waals surface area contributed by atoms with Gasteiger partial charge in [-0.2, -0.15) is 0 Å². The average Bonchev–Trinajstić information content (AvgIpc) is 3.24. The number of rotatable bonds is 4. The van der Waals surface area contributed by atoms with Crippen LogP contribution < -0.4 is 0 Å². The molecule has 2 fully saturated rings. The van der Waals surface area contributed by atoms with Crippen molar-refractivity contribution in [2.24, 2.45) is 5.92 Å². The molecule has 0 aromatic heterocycles. The van der Waals surface area contributed by atoms with E-state index < -0.39 is 47.7 Å². The Balaban J connectivity index is 1.94. The summed E-state index contributed by atoms with van der Waals surface area (Å²) in [4.78, 5) is 35.0. The van der Waals surface area contributed by atoms with Crippen molar-refractivity contribution in [3.63, 3.8) is 0 Å². The number of aliphatic hydroxyl groups excluding tert-OH is 1. The molecule has 0 aromatic carbocycles. The molecule has 1 aliphatic carbocycles. The molecule has 27 heavy (non-hydrogen) atoms. The summed E-state index contributed by atoms with van der Waals surface area (Å²) < 4.78 is 21.8. The highest BCUT2D eigenvalue weighted by Crippen LogP contribution is 2.50. The van der Waals surface area contributed by atoms with Crippen LogP contribution in [-0.2, 0) is 33.3 Å². The highest BCUT2D eigenvalue weighted by Gasteiger charge is 2.65. The van der Waals surface area contributed by atoms with Crippen LogP contribution in [0.3, 0.4) is 0 Å². The summed E-state index contributed by atoms with van der Waals surface area (Å²) in [6.45, 7) is 6.26. The lowest BCUT2D eigenvalue weighted by Crippen LogP contribution is -2.39. The zero-order valence-corrected chi connectivity index (χ0v) is 15.4. The molecular weight excluding hydrogens is 356 g/mol. The largest absolute Gasteiger partial charge is 0.461 e. The number of hydrogen-bond donors (Lipinski definition) is 1. The minimum Gasteiger partial charge on any atom is -0.461 e. The second-order valence-corrected chi connectivity index (χ2v) is 7.22. The van der Waals surface area contributed by atoms with Crippen molar-refractivity contribution in [3.05, 3.63) is 23.8 Å².